The molecule has 1 aliphatic carbocycles. The smallest absolute Gasteiger partial charge is 0.388 e. The number of rotatable bonds is 3. The lowest BCUT2D eigenvalue weighted by Gasteiger charge is -2.30. The Bertz CT molecular complexity index is 992. The second kappa shape index (κ2) is 7.27. The molecule has 3 unspecified atom stereocenters. The van der Waals surface area contributed by atoms with E-state index in [1.54, 1.807) is 0 Å². The Morgan fingerprint density at radius 1 is 1.20 bits per heavy atom. The van der Waals surface area contributed by atoms with Crippen molar-refractivity contribution in [1.29, 1.82) is 0 Å². The molecule has 1 aromatic heterocycles. The first-order valence-electron chi connectivity index (χ1n) is 9.25. The van der Waals surface area contributed by atoms with Gasteiger partial charge in [0.15, 0.2) is 17.5 Å². The fourth-order valence-electron chi connectivity index (χ4n) is 4.14. The summed E-state index contributed by atoms with van der Waals surface area (Å²) in [7, 11) is 0. The van der Waals surface area contributed by atoms with E-state index in [1.165, 1.54) is 4.90 Å². The summed E-state index contributed by atoms with van der Waals surface area (Å²) in [6.07, 6.45) is -5.70. The Balaban J connectivity index is 1.46. The van der Waals surface area contributed by atoms with Crippen LogP contribution in [0.25, 0.3) is 0 Å². The van der Waals surface area contributed by atoms with Gasteiger partial charge in [0.05, 0.1) is 12.6 Å². The summed E-state index contributed by atoms with van der Waals surface area (Å²) in [6, 6.07) is 1.13. The molecule has 1 amide bonds. The highest BCUT2D eigenvalue weighted by Gasteiger charge is 2.40. The van der Waals surface area contributed by atoms with Crippen LogP contribution < -0.4 is 5.73 Å². The number of carbonyl (C=O) groups is 1. The minimum Gasteiger partial charge on any atom is -0.388 e. The average Bonchev–Trinajstić information content (AvgIpc) is 3.23. The molecule has 0 radical (unpaired) electrons. The highest BCUT2D eigenvalue weighted by molar-refractivity contribution is 5.77. The van der Waals surface area contributed by atoms with Crippen LogP contribution in [-0.4, -0.2) is 43.3 Å². The van der Waals surface area contributed by atoms with E-state index < -0.39 is 47.6 Å². The van der Waals surface area contributed by atoms with Gasteiger partial charge in [0.25, 0.3) is 0 Å². The second-order valence-electron chi connectivity index (χ2n) is 7.53. The number of fused-ring (bicyclic) bond motifs is 2. The summed E-state index contributed by atoms with van der Waals surface area (Å²) in [5, 5.41) is 16.8. The number of halogens is 5. The Morgan fingerprint density at radius 2 is 1.87 bits per heavy atom. The van der Waals surface area contributed by atoms with Crippen LogP contribution in [0.4, 0.5) is 22.0 Å². The summed E-state index contributed by atoms with van der Waals surface area (Å²) >= 11 is 0. The quantitative estimate of drug-likeness (QED) is 0.724. The van der Waals surface area contributed by atoms with E-state index in [0.29, 0.717) is 5.56 Å². The molecule has 0 fully saturated rings. The van der Waals surface area contributed by atoms with Crippen molar-refractivity contribution in [2.75, 3.05) is 6.54 Å². The summed E-state index contributed by atoms with van der Waals surface area (Å²) < 4.78 is 66.8. The van der Waals surface area contributed by atoms with Crippen LogP contribution in [0.15, 0.2) is 12.1 Å². The number of aliphatic hydroxyl groups is 1. The van der Waals surface area contributed by atoms with Gasteiger partial charge >= 0.3 is 6.18 Å². The number of carbonyl (C=O) groups excluding carboxylic acids is 1. The van der Waals surface area contributed by atoms with E-state index in [4.69, 9.17) is 5.73 Å². The van der Waals surface area contributed by atoms with Crippen molar-refractivity contribution in [2.24, 2.45) is 5.73 Å². The Hall–Kier alpha value is -2.60. The topological polar surface area (TPSA) is 97.3 Å². The van der Waals surface area contributed by atoms with Gasteiger partial charge in [-0.25, -0.2) is 8.78 Å². The minimum absolute atomic E-state index is 0.0228. The third kappa shape index (κ3) is 3.54. The molecule has 12 heteroatoms. The first-order chi connectivity index (χ1) is 14.1. The lowest BCUT2D eigenvalue weighted by atomic mass is 9.91. The second-order valence-corrected chi connectivity index (χ2v) is 7.53. The molecule has 162 valence electrons. The van der Waals surface area contributed by atoms with Crippen molar-refractivity contribution in [3.63, 3.8) is 0 Å². The zero-order valence-electron chi connectivity index (χ0n) is 15.5. The van der Waals surface area contributed by atoms with Crippen molar-refractivity contribution in [3.8, 4) is 0 Å². The zero-order valence-corrected chi connectivity index (χ0v) is 15.5. The van der Waals surface area contributed by atoms with Crippen LogP contribution in [0.1, 0.15) is 47.6 Å². The summed E-state index contributed by atoms with van der Waals surface area (Å²) in [5.74, 6) is -4.19. The van der Waals surface area contributed by atoms with Crippen molar-refractivity contribution >= 4 is 5.91 Å². The largest absolute Gasteiger partial charge is 0.451 e. The predicted octanol–water partition coefficient (Wildman–Crippen LogP) is 1.86. The third-order valence-corrected chi connectivity index (χ3v) is 5.65. The molecule has 3 N–H and O–H groups in total. The summed E-state index contributed by atoms with van der Waals surface area (Å²) in [5.41, 5.74) is 6.75. The number of aliphatic hydroxyl groups excluding tert-OH is 1. The van der Waals surface area contributed by atoms with E-state index in [-0.39, 0.29) is 43.9 Å². The Morgan fingerprint density at radius 3 is 2.53 bits per heavy atom. The highest BCUT2D eigenvalue weighted by atomic mass is 19.4. The van der Waals surface area contributed by atoms with Gasteiger partial charge in [0, 0.05) is 31.5 Å². The average molecular weight is 431 g/mol. The number of aromatic nitrogens is 3. The van der Waals surface area contributed by atoms with Gasteiger partial charge in [-0.2, -0.15) is 13.2 Å². The fraction of sp³-hybridized carbons (Fsp3) is 0.500. The maximum atomic E-state index is 13.6. The number of benzene rings is 1. The van der Waals surface area contributed by atoms with Gasteiger partial charge in [-0.05, 0) is 29.7 Å². The van der Waals surface area contributed by atoms with Crippen LogP contribution in [0.3, 0.4) is 0 Å². The SMILES string of the molecule is NC(CC(=O)N1CCn2c(nnc2C(F)(F)F)C1)C1CC(O)c2cc(F)c(F)cc21. The predicted molar refractivity (Wildman–Crippen MR) is 91.7 cm³/mol. The molecule has 0 saturated carbocycles. The maximum Gasteiger partial charge on any atom is 0.451 e. The molecule has 7 nitrogen and oxygen atoms in total. The number of hydrogen-bond acceptors (Lipinski definition) is 5. The molecule has 0 bridgehead atoms. The first-order valence-corrected chi connectivity index (χ1v) is 9.25. The molecule has 4 rings (SSSR count). The van der Waals surface area contributed by atoms with Gasteiger partial charge in [0.2, 0.25) is 11.7 Å². The van der Waals surface area contributed by atoms with E-state index in [2.05, 4.69) is 10.2 Å². The lowest BCUT2D eigenvalue weighted by molar-refractivity contribution is -0.148. The maximum absolute atomic E-state index is 13.6. The molecule has 0 saturated heterocycles. The van der Waals surface area contributed by atoms with Crippen molar-refractivity contribution in [2.45, 2.75) is 50.2 Å². The molecular weight excluding hydrogens is 413 g/mol. The molecular formula is C18H18F5N5O2. The molecule has 1 aromatic carbocycles. The molecule has 3 atom stereocenters. The van der Waals surface area contributed by atoms with Crippen molar-refractivity contribution in [1.82, 2.24) is 19.7 Å². The molecule has 1 aliphatic heterocycles. The number of alkyl halides is 3. The standard InChI is InChI=1S/C18H18F5N5O2/c19-11-3-8-9(5-14(29)10(8)4-12(11)20)13(24)6-16(30)27-1-2-28-15(7-27)25-26-17(28)18(21,22)23/h3-4,9,13-14,29H,1-2,5-7,24H2. The highest BCUT2D eigenvalue weighted by Crippen LogP contribution is 2.43. The van der Waals surface area contributed by atoms with Crippen molar-refractivity contribution in [3.05, 3.63) is 46.5 Å². The minimum atomic E-state index is -4.63. The van der Waals surface area contributed by atoms with Crippen LogP contribution in [0.5, 0.6) is 0 Å². The molecule has 2 aliphatic rings. The van der Waals surface area contributed by atoms with Crippen LogP contribution >= 0.6 is 0 Å². The van der Waals surface area contributed by atoms with Crippen LogP contribution in [0, 0.1) is 11.6 Å². The van der Waals surface area contributed by atoms with E-state index in [1.807, 2.05) is 0 Å². The first kappa shape index (κ1) is 20.7. The van der Waals surface area contributed by atoms with Crippen LogP contribution in [-0.2, 0) is 24.1 Å². The number of nitrogens with zero attached hydrogens (tertiary/aromatic N) is 4. The molecule has 0 spiro atoms. The fourth-order valence-corrected chi connectivity index (χ4v) is 4.14. The number of hydrogen-bond donors (Lipinski definition) is 2. The molecule has 2 heterocycles. The van der Waals surface area contributed by atoms with Gasteiger partial charge in [-0.3, -0.25) is 4.79 Å². The number of amides is 1. The van der Waals surface area contributed by atoms with E-state index in [9.17, 15) is 31.9 Å². The monoisotopic (exact) mass is 431 g/mol. The Labute approximate surface area is 167 Å². The molecule has 2 aromatic rings. The van der Waals surface area contributed by atoms with E-state index >= 15 is 0 Å². The van der Waals surface area contributed by atoms with Gasteiger partial charge in [0.1, 0.15) is 0 Å². The van der Waals surface area contributed by atoms with Gasteiger partial charge in [-0.1, -0.05) is 0 Å². The lowest BCUT2D eigenvalue weighted by Crippen LogP contribution is -2.42. The van der Waals surface area contributed by atoms with E-state index in [0.717, 1.165) is 16.7 Å². The third-order valence-electron chi connectivity index (χ3n) is 5.65. The van der Waals surface area contributed by atoms with Gasteiger partial charge < -0.3 is 20.3 Å². The molecule has 30 heavy (non-hydrogen) atoms. The summed E-state index contributed by atoms with van der Waals surface area (Å²) in [6.45, 7) is -0.213. The van der Waals surface area contributed by atoms with Crippen molar-refractivity contribution < 1.29 is 31.9 Å². The van der Waals surface area contributed by atoms with Gasteiger partial charge in [-0.15, -0.1) is 10.2 Å². The van der Waals surface area contributed by atoms with Crippen LogP contribution in [0.2, 0.25) is 0 Å². The normalized spacial score (nSPS) is 22.0. The summed E-state index contributed by atoms with van der Waals surface area (Å²) in [4.78, 5) is 14.0. The number of nitrogens with two attached hydrogens (primary N) is 1. The zero-order chi connectivity index (χ0) is 21.8. The Kier molecular flexibility index (Phi) is 5.01.